The molecule has 0 unspecified atom stereocenters. The Kier molecular flexibility index (Phi) is 14.0. The van der Waals surface area contributed by atoms with Crippen molar-refractivity contribution >= 4 is 5.97 Å². The second-order valence-corrected chi connectivity index (χ2v) is 17.6. The zero-order valence-corrected chi connectivity index (χ0v) is 35.9. The Balaban J connectivity index is 2.16. The zero-order chi connectivity index (χ0) is 48.6. The third-order valence-electron chi connectivity index (χ3n) is 12.7. The topological polar surface area (TPSA) is 201 Å². The van der Waals surface area contributed by atoms with Gasteiger partial charge in [0.1, 0.15) is 35.1 Å². The van der Waals surface area contributed by atoms with Crippen LogP contribution in [0.3, 0.4) is 0 Å². The lowest BCUT2D eigenvalue weighted by atomic mass is 9.75. The van der Waals surface area contributed by atoms with E-state index in [4.69, 9.17) is 38.0 Å². The van der Waals surface area contributed by atoms with Gasteiger partial charge in [-0.25, -0.2) is 0 Å². The molecule has 3 aliphatic heterocycles. The lowest BCUT2D eigenvalue weighted by Gasteiger charge is -2.53. The molecule has 0 bridgehead atoms. The van der Waals surface area contributed by atoms with Crippen LogP contribution in [-0.4, -0.2) is 167 Å². The number of carbonyl (C=O) groups excluding carboxylic acids is 1. The minimum Gasteiger partial charge on any atom is -0.459 e. The van der Waals surface area contributed by atoms with E-state index in [2.05, 4.69) is 10.6 Å². The van der Waals surface area contributed by atoms with Crippen molar-refractivity contribution in [2.24, 2.45) is 17.8 Å². The number of hydrogen-bond acceptors (Lipinski definition) is 15. The highest BCUT2D eigenvalue weighted by Gasteiger charge is 2.58. The molecule has 3 rings (SSSR count). The number of rotatable bonds is 11. The first-order chi connectivity index (χ1) is 28.5. The van der Waals surface area contributed by atoms with Crippen LogP contribution >= 0.6 is 0 Å². The summed E-state index contributed by atoms with van der Waals surface area (Å²) in [5, 5.41) is 65.0. The molecule has 0 saturated carbocycles. The fourth-order valence-corrected chi connectivity index (χ4v) is 8.97. The number of methoxy groups -OCH3 is 1. The number of hydrogen-bond donors (Lipinski definition) is 7. The quantitative estimate of drug-likeness (QED) is 0.149. The largest absolute Gasteiger partial charge is 0.459 e. The number of cyclic esters (lactones) is 1. The molecule has 0 aliphatic carbocycles. The van der Waals surface area contributed by atoms with Crippen molar-refractivity contribution in [1.29, 1.82) is 0 Å². The Bertz CT molecular complexity index is 1500. The van der Waals surface area contributed by atoms with E-state index in [0.717, 1.165) is 0 Å². The summed E-state index contributed by atoms with van der Waals surface area (Å²) >= 11 is 0. The van der Waals surface area contributed by atoms with Crippen molar-refractivity contribution in [2.45, 2.75) is 198 Å². The van der Waals surface area contributed by atoms with Gasteiger partial charge in [-0.15, -0.1) is 0 Å². The molecule has 7 N–H and O–H groups in total. The minimum atomic E-state index is -3.37. The molecule has 15 heteroatoms. The van der Waals surface area contributed by atoms with Gasteiger partial charge in [-0.1, -0.05) is 27.6 Å². The van der Waals surface area contributed by atoms with Gasteiger partial charge >= 0.3 is 5.97 Å². The van der Waals surface area contributed by atoms with E-state index in [9.17, 15) is 30.3 Å². The van der Waals surface area contributed by atoms with Gasteiger partial charge in [0.25, 0.3) is 0 Å². The summed E-state index contributed by atoms with van der Waals surface area (Å²) in [6, 6.07) is -1.03. The fourth-order valence-electron chi connectivity index (χ4n) is 8.97. The lowest BCUT2D eigenvalue weighted by Crippen LogP contribution is -2.70. The summed E-state index contributed by atoms with van der Waals surface area (Å²) in [6.07, 6.45) is -13.2. The lowest BCUT2D eigenvalue weighted by molar-refractivity contribution is -0.336. The van der Waals surface area contributed by atoms with Crippen LogP contribution in [0.4, 0.5) is 0 Å². The number of nitrogens with one attached hydrogen (secondary N) is 2. The van der Waals surface area contributed by atoms with E-state index >= 15 is 0 Å². The Morgan fingerprint density at radius 1 is 1.04 bits per heavy atom. The van der Waals surface area contributed by atoms with E-state index in [1.165, 1.54) is 34.8 Å². The average molecular weight is 813 g/mol. The number of likely N-dealkylation sites (N-methyl/N-ethyl adjacent to an activating group) is 1. The molecule has 0 amide bonds. The Morgan fingerprint density at radius 3 is 2.29 bits per heavy atom. The maximum Gasteiger partial charge on any atom is 0.311 e. The summed E-state index contributed by atoms with van der Waals surface area (Å²) in [4.78, 5) is 16.3. The Hall–Kier alpha value is -1.05. The summed E-state index contributed by atoms with van der Waals surface area (Å²) in [5.74, 6) is -3.22. The standard InChI is InChI=1S/C41H79N3O12/c1-15-17-42-22-41(50)28(8)53-31(20-39(41,10)51-14)55-33-25(5)35(56-37-32(45)29(44(12)13)18-24(4)52-37)38(9,48)19-23(3)21-43-27(7)34(46)40(11,49)30(16-2)54-36(47)26(33)6/h23-35,37,42-43,45-46,48-50H,15-22H2,1-14H3/t23-,24-,25+,26-,27-,28+,29+,30-,31+,32-,33+,34-,35-,37+,38-,39-,40-,41+/m1/s1/i1D3,15D2,17D2. The molecule has 3 heterocycles. The van der Waals surface area contributed by atoms with Gasteiger partial charge in [0.05, 0.1) is 35.9 Å². The molecule has 0 aromatic carbocycles. The molecule has 0 spiro atoms. The molecule has 0 aromatic heterocycles. The molecule has 0 radical (unpaired) electrons. The van der Waals surface area contributed by atoms with Crippen molar-refractivity contribution < 1.29 is 68.3 Å². The predicted molar refractivity (Wildman–Crippen MR) is 212 cm³/mol. The van der Waals surface area contributed by atoms with Crippen molar-refractivity contribution in [2.75, 3.05) is 40.8 Å². The highest BCUT2D eigenvalue weighted by molar-refractivity contribution is 5.73. The van der Waals surface area contributed by atoms with Gasteiger partial charge in [0.15, 0.2) is 12.6 Å². The van der Waals surface area contributed by atoms with E-state index in [1.54, 1.807) is 27.7 Å². The second-order valence-electron chi connectivity index (χ2n) is 17.6. The van der Waals surface area contributed by atoms with Crippen LogP contribution in [0.15, 0.2) is 0 Å². The molecule has 15 nitrogen and oxygen atoms in total. The number of aliphatic hydroxyl groups is 5. The van der Waals surface area contributed by atoms with E-state index in [1.807, 2.05) is 32.8 Å². The number of ether oxygens (including phenoxy) is 6. The Morgan fingerprint density at radius 2 is 1.70 bits per heavy atom. The van der Waals surface area contributed by atoms with E-state index in [-0.39, 0.29) is 37.3 Å². The van der Waals surface area contributed by atoms with Crippen molar-refractivity contribution in [3.63, 3.8) is 0 Å². The molecule has 3 fully saturated rings. The first kappa shape index (κ1) is 39.1. The molecule has 56 heavy (non-hydrogen) atoms. The number of carbonyl (C=O) groups is 1. The SMILES string of the molecule is [2H]C([2H])([2H])C([2H])([2H])C([2H])([2H])NC[C@]1(O)[C@H](C)O[C@@H](O[C@H]2[C@H](C)[C@@H](O[C@@H]3O[C@H](C)C[C@H](N(C)C)[C@H]3O)[C@](C)(O)C[C@@H](C)CN[C@H](C)[C@@H](O)[C@](C)(O)[C@@H](CC)OC(=O)[C@@H]2C)C[C@@]1(C)OC. The van der Waals surface area contributed by atoms with E-state index < -0.39 is 122 Å². The summed E-state index contributed by atoms with van der Waals surface area (Å²) in [5.41, 5.74) is -7.37. The monoisotopic (exact) mass is 813 g/mol. The molecule has 330 valence electrons. The van der Waals surface area contributed by atoms with Gasteiger partial charge in [-0.05, 0) is 107 Å². The van der Waals surface area contributed by atoms with Gasteiger partial charge < -0.3 is 69.5 Å². The fraction of sp³-hybridized carbons (Fsp3) is 0.976. The molecule has 0 aromatic rings. The van der Waals surface area contributed by atoms with Gasteiger partial charge in [-0.3, -0.25) is 4.79 Å². The van der Waals surface area contributed by atoms with Crippen LogP contribution < -0.4 is 10.6 Å². The van der Waals surface area contributed by atoms with Gasteiger partial charge in [0.2, 0.25) is 0 Å². The number of aliphatic hydroxyl groups excluding tert-OH is 2. The first-order valence-corrected chi connectivity index (χ1v) is 20.1. The van der Waals surface area contributed by atoms with Crippen molar-refractivity contribution in [1.82, 2.24) is 15.5 Å². The highest BCUT2D eigenvalue weighted by atomic mass is 16.7. The smallest absolute Gasteiger partial charge is 0.311 e. The highest BCUT2D eigenvalue weighted by Crippen LogP contribution is 2.43. The summed E-state index contributed by atoms with van der Waals surface area (Å²) in [6.45, 7) is 9.40. The van der Waals surface area contributed by atoms with Crippen LogP contribution in [-0.2, 0) is 33.2 Å². The van der Waals surface area contributed by atoms with Gasteiger partial charge in [0, 0.05) is 47.7 Å². The first-order valence-electron chi connectivity index (χ1n) is 23.6. The van der Waals surface area contributed by atoms with Crippen LogP contribution in [0.1, 0.15) is 118 Å². The molecular formula is C41H79N3O12. The predicted octanol–water partition coefficient (Wildman–Crippen LogP) is 1.93. The van der Waals surface area contributed by atoms with Crippen LogP contribution in [0, 0.1) is 17.8 Å². The maximum atomic E-state index is 14.4. The zero-order valence-electron chi connectivity index (χ0n) is 42.9. The third-order valence-corrected chi connectivity index (χ3v) is 12.7. The summed E-state index contributed by atoms with van der Waals surface area (Å²) in [7, 11) is 4.96. The molecule has 3 aliphatic rings. The van der Waals surface area contributed by atoms with E-state index in [0.29, 0.717) is 13.0 Å². The minimum absolute atomic E-state index is 0.110. The summed E-state index contributed by atoms with van der Waals surface area (Å²) < 4.78 is 93.3. The Labute approximate surface area is 346 Å². The third kappa shape index (κ3) is 11.0. The molecular weight excluding hydrogens is 726 g/mol. The van der Waals surface area contributed by atoms with Gasteiger partial charge in [-0.2, -0.15) is 0 Å². The number of esters is 1. The van der Waals surface area contributed by atoms with Crippen molar-refractivity contribution in [3.05, 3.63) is 0 Å². The van der Waals surface area contributed by atoms with Crippen LogP contribution in [0.5, 0.6) is 0 Å². The average Bonchev–Trinajstić information content (AvgIpc) is 3.17. The van der Waals surface area contributed by atoms with Crippen LogP contribution in [0.25, 0.3) is 0 Å². The van der Waals surface area contributed by atoms with Crippen LogP contribution in [0.2, 0.25) is 0 Å². The number of nitrogens with zero attached hydrogens (tertiary/aromatic N) is 1. The maximum absolute atomic E-state index is 14.4. The second kappa shape index (κ2) is 20.0. The van der Waals surface area contributed by atoms with Crippen molar-refractivity contribution in [3.8, 4) is 0 Å². The molecule has 3 saturated heterocycles. The normalized spacial score (nSPS) is 50.5. The molecule has 18 atom stereocenters.